The summed E-state index contributed by atoms with van der Waals surface area (Å²) < 4.78 is 3.22. The van der Waals surface area contributed by atoms with Crippen LogP contribution in [0.4, 0.5) is 0 Å². The van der Waals surface area contributed by atoms with Crippen LogP contribution in [-0.4, -0.2) is 14.4 Å². The molecule has 112 valence electrons. The predicted octanol–water partition coefficient (Wildman–Crippen LogP) is 5.84. The van der Waals surface area contributed by atoms with Gasteiger partial charge in [-0.25, -0.2) is 9.97 Å². The molecule has 4 rings (SSSR count). The van der Waals surface area contributed by atoms with E-state index in [2.05, 4.69) is 42.8 Å². The Morgan fingerprint density at radius 1 is 1.14 bits per heavy atom. The molecule has 4 heterocycles. The van der Waals surface area contributed by atoms with Crippen molar-refractivity contribution in [2.75, 3.05) is 0 Å². The van der Waals surface area contributed by atoms with E-state index < -0.39 is 0 Å². The summed E-state index contributed by atoms with van der Waals surface area (Å²) in [6.45, 7) is 2.03. The number of halogens is 2. The molecule has 0 aromatic carbocycles. The maximum absolute atomic E-state index is 4.79. The SMILES string of the molecule is Br.Cc1nc2ccccn2c1-c1nc(-c2ccc(Br)s2)cs1. The molecule has 0 saturated heterocycles. The van der Waals surface area contributed by atoms with Crippen molar-refractivity contribution < 1.29 is 0 Å². The van der Waals surface area contributed by atoms with Gasteiger partial charge in [-0.3, -0.25) is 4.40 Å². The minimum atomic E-state index is 0. The van der Waals surface area contributed by atoms with E-state index >= 15 is 0 Å². The molecule has 0 radical (unpaired) electrons. The Balaban J connectivity index is 0.00000144. The number of hydrogen-bond donors (Lipinski definition) is 0. The molecule has 0 spiro atoms. The molecule has 0 aliphatic rings. The lowest BCUT2D eigenvalue weighted by molar-refractivity contribution is 1.18. The summed E-state index contributed by atoms with van der Waals surface area (Å²) in [5.74, 6) is 0. The highest BCUT2D eigenvalue weighted by Gasteiger charge is 2.15. The van der Waals surface area contributed by atoms with Crippen LogP contribution in [0.1, 0.15) is 5.69 Å². The van der Waals surface area contributed by atoms with E-state index in [0.29, 0.717) is 0 Å². The van der Waals surface area contributed by atoms with Crippen LogP contribution in [0.15, 0.2) is 45.7 Å². The fraction of sp³-hybridized carbons (Fsp3) is 0.0667. The number of aromatic nitrogens is 3. The highest BCUT2D eigenvalue weighted by molar-refractivity contribution is 9.11. The zero-order chi connectivity index (χ0) is 14.4. The first-order valence-electron chi connectivity index (χ1n) is 6.37. The average Bonchev–Trinajstić information content (AvgIpc) is 3.15. The number of imidazole rings is 1. The van der Waals surface area contributed by atoms with Crippen molar-refractivity contribution in [3.05, 3.63) is 51.4 Å². The minimum Gasteiger partial charge on any atom is -0.297 e. The molecule has 7 heteroatoms. The summed E-state index contributed by atoms with van der Waals surface area (Å²) in [7, 11) is 0. The van der Waals surface area contributed by atoms with Gasteiger partial charge in [0, 0.05) is 11.6 Å². The van der Waals surface area contributed by atoms with Crippen LogP contribution >= 0.6 is 55.6 Å². The first kappa shape index (κ1) is 15.9. The van der Waals surface area contributed by atoms with Crippen LogP contribution in [0.2, 0.25) is 0 Å². The van der Waals surface area contributed by atoms with Gasteiger partial charge in [-0.05, 0) is 47.1 Å². The molecule has 0 saturated carbocycles. The Labute approximate surface area is 154 Å². The Bertz CT molecular complexity index is 939. The van der Waals surface area contributed by atoms with Crippen molar-refractivity contribution in [2.24, 2.45) is 0 Å². The quantitative estimate of drug-likeness (QED) is 0.379. The average molecular weight is 457 g/mol. The van der Waals surface area contributed by atoms with Crippen molar-refractivity contribution >= 4 is 61.2 Å². The second-order valence-corrected chi connectivity index (χ2v) is 7.94. The highest BCUT2D eigenvalue weighted by Crippen LogP contribution is 2.35. The van der Waals surface area contributed by atoms with Gasteiger partial charge in [0.25, 0.3) is 0 Å². The van der Waals surface area contributed by atoms with Crippen LogP contribution in [-0.2, 0) is 0 Å². The first-order chi connectivity index (χ1) is 10.2. The van der Waals surface area contributed by atoms with Crippen molar-refractivity contribution in [1.82, 2.24) is 14.4 Å². The molecule has 0 N–H and O–H groups in total. The maximum atomic E-state index is 4.79. The standard InChI is InChI=1S/C15H10BrN3S2.BrH/c1-9-14(19-7-3-2-4-13(19)17-9)15-18-10(8-20-15)11-5-6-12(16)21-11;/h2-8H,1H3;1H. The zero-order valence-electron chi connectivity index (χ0n) is 11.5. The van der Waals surface area contributed by atoms with E-state index in [4.69, 9.17) is 4.98 Å². The summed E-state index contributed by atoms with van der Waals surface area (Å²) in [6, 6.07) is 10.2. The third-order valence-electron chi connectivity index (χ3n) is 3.24. The van der Waals surface area contributed by atoms with E-state index in [1.807, 2.05) is 31.3 Å². The number of nitrogens with zero attached hydrogens (tertiary/aromatic N) is 3. The van der Waals surface area contributed by atoms with Gasteiger partial charge in [-0.15, -0.1) is 39.7 Å². The van der Waals surface area contributed by atoms with Gasteiger partial charge in [-0.1, -0.05) is 6.07 Å². The van der Waals surface area contributed by atoms with E-state index in [1.54, 1.807) is 22.7 Å². The van der Waals surface area contributed by atoms with Crippen molar-refractivity contribution in [3.8, 4) is 21.3 Å². The molecule has 0 aliphatic carbocycles. The Morgan fingerprint density at radius 3 is 2.77 bits per heavy atom. The van der Waals surface area contributed by atoms with E-state index in [1.165, 1.54) is 4.88 Å². The molecule has 0 fully saturated rings. The third kappa shape index (κ3) is 2.67. The van der Waals surface area contributed by atoms with Gasteiger partial charge in [0.15, 0.2) is 0 Å². The molecule has 0 bridgehead atoms. The van der Waals surface area contributed by atoms with Crippen LogP contribution in [0, 0.1) is 6.92 Å². The van der Waals surface area contributed by atoms with Gasteiger partial charge < -0.3 is 0 Å². The molecule has 0 aliphatic heterocycles. The highest BCUT2D eigenvalue weighted by atomic mass is 79.9. The van der Waals surface area contributed by atoms with Crippen LogP contribution in [0.3, 0.4) is 0 Å². The van der Waals surface area contributed by atoms with Gasteiger partial charge in [-0.2, -0.15) is 0 Å². The molecular weight excluding hydrogens is 446 g/mol. The van der Waals surface area contributed by atoms with Crippen LogP contribution in [0.5, 0.6) is 0 Å². The van der Waals surface area contributed by atoms with Gasteiger partial charge in [0.1, 0.15) is 16.3 Å². The van der Waals surface area contributed by atoms with E-state index in [-0.39, 0.29) is 17.0 Å². The second-order valence-electron chi connectivity index (χ2n) is 4.62. The second kappa shape index (κ2) is 6.23. The molecule has 0 amide bonds. The molecule has 22 heavy (non-hydrogen) atoms. The number of thiazole rings is 1. The topological polar surface area (TPSA) is 30.2 Å². The minimum absolute atomic E-state index is 0. The molecule has 0 atom stereocenters. The van der Waals surface area contributed by atoms with Crippen molar-refractivity contribution in [2.45, 2.75) is 6.92 Å². The van der Waals surface area contributed by atoms with E-state index in [0.717, 1.165) is 31.5 Å². The number of aryl methyl sites for hydroxylation is 1. The largest absolute Gasteiger partial charge is 0.297 e. The molecule has 4 aromatic heterocycles. The summed E-state index contributed by atoms with van der Waals surface area (Å²) in [4.78, 5) is 10.6. The first-order valence-corrected chi connectivity index (χ1v) is 8.86. The van der Waals surface area contributed by atoms with Crippen molar-refractivity contribution in [3.63, 3.8) is 0 Å². The normalized spacial score (nSPS) is 10.8. The maximum Gasteiger partial charge on any atom is 0.142 e. The lowest BCUT2D eigenvalue weighted by atomic mass is 10.3. The lowest BCUT2D eigenvalue weighted by Crippen LogP contribution is -1.87. The molecule has 0 unspecified atom stereocenters. The van der Waals surface area contributed by atoms with Crippen LogP contribution in [0.25, 0.3) is 26.9 Å². The summed E-state index contributed by atoms with van der Waals surface area (Å²) in [5, 5.41) is 3.11. The van der Waals surface area contributed by atoms with Gasteiger partial charge >= 0.3 is 0 Å². The fourth-order valence-electron chi connectivity index (χ4n) is 2.32. The number of hydrogen-bond acceptors (Lipinski definition) is 4. The molecule has 3 nitrogen and oxygen atoms in total. The fourth-order valence-corrected chi connectivity index (χ4v) is 4.65. The Morgan fingerprint density at radius 2 is 2.00 bits per heavy atom. The monoisotopic (exact) mass is 455 g/mol. The van der Waals surface area contributed by atoms with E-state index in [9.17, 15) is 0 Å². The number of fused-ring (bicyclic) bond motifs is 1. The summed E-state index contributed by atoms with van der Waals surface area (Å²) in [5.41, 5.74) is 4.07. The summed E-state index contributed by atoms with van der Waals surface area (Å²) in [6.07, 6.45) is 2.04. The Kier molecular flexibility index (Phi) is 4.49. The van der Waals surface area contributed by atoms with Gasteiger partial charge in [0.05, 0.1) is 20.1 Å². The third-order valence-corrected chi connectivity index (χ3v) is 5.73. The molecular formula is C15H11Br2N3S2. The zero-order valence-corrected chi connectivity index (χ0v) is 16.4. The number of thiophene rings is 1. The summed E-state index contributed by atoms with van der Waals surface area (Å²) >= 11 is 6.86. The van der Waals surface area contributed by atoms with Gasteiger partial charge in [0.2, 0.25) is 0 Å². The number of pyridine rings is 1. The van der Waals surface area contributed by atoms with Crippen LogP contribution < -0.4 is 0 Å². The predicted molar refractivity (Wildman–Crippen MR) is 102 cm³/mol. The van der Waals surface area contributed by atoms with Crippen molar-refractivity contribution in [1.29, 1.82) is 0 Å². The molecule has 4 aromatic rings. The smallest absolute Gasteiger partial charge is 0.142 e. The Hall–Kier alpha value is -1.02. The number of rotatable bonds is 2. The lowest BCUT2D eigenvalue weighted by Gasteiger charge is -1.98.